The minimum atomic E-state index is -0.0328. The van der Waals surface area contributed by atoms with E-state index in [1.807, 2.05) is 6.07 Å². The fourth-order valence-corrected chi connectivity index (χ4v) is 2.05. The van der Waals surface area contributed by atoms with Crippen molar-refractivity contribution in [2.24, 2.45) is 0 Å². The van der Waals surface area contributed by atoms with Crippen LogP contribution in [0.3, 0.4) is 0 Å². The van der Waals surface area contributed by atoms with Crippen molar-refractivity contribution in [3.8, 4) is 0 Å². The van der Waals surface area contributed by atoms with Gasteiger partial charge in [-0.2, -0.15) is 0 Å². The van der Waals surface area contributed by atoms with E-state index in [4.69, 9.17) is 0 Å². The highest BCUT2D eigenvalue weighted by Crippen LogP contribution is 2.24. The second kappa shape index (κ2) is 5.34. The summed E-state index contributed by atoms with van der Waals surface area (Å²) >= 11 is 3.47. The van der Waals surface area contributed by atoms with Gasteiger partial charge in [0, 0.05) is 24.1 Å². The standard InChI is InChI=1S/C13H22BrN3/c1-7-17(9(2)3)11-8-10(14)15-12(16-11)13(4,5)6/h8-9H,7H2,1-6H3. The van der Waals surface area contributed by atoms with E-state index in [-0.39, 0.29) is 5.41 Å². The Morgan fingerprint density at radius 2 is 1.88 bits per heavy atom. The second-order valence-corrected chi connectivity index (χ2v) is 6.31. The molecule has 0 saturated carbocycles. The smallest absolute Gasteiger partial charge is 0.137 e. The summed E-state index contributed by atoms with van der Waals surface area (Å²) in [6, 6.07) is 2.42. The van der Waals surface area contributed by atoms with Gasteiger partial charge in [-0.15, -0.1) is 0 Å². The lowest BCUT2D eigenvalue weighted by molar-refractivity contribution is 0.540. The number of aromatic nitrogens is 2. The molecule has 96 valence electrons. The maximum atomic E-state index is 4.68. The van der Waals surface area contributed by atoms with Gasteiger partial charge >= 0.3 is 0 Å². The van der Waals surface area contributed by atoms with E-state index >= 15 is 0 Å². The fraction of sp³-hybridized carbons (Fsp3) is 0.692. The van der Waals surface area contributed by atoms with Gasteiger partial charge in [-0.3, -0.25) is 0 Å². The van der Waals surface area contributed by atoms with Gasteiger partial charge in [0.2, 0.25) is 0 Å². The van der Waals surface area contributed by atoms with E-state index in [0.29, 0.717) is 6.04 Å². The largest absolute Gasteiger partial charge is 0.354 e. The molecule has 0 aliphatic rings. The molecule has 3 nitrogen and oxygen atoms in total. The van der Waals surface area contributed by atoms with E-state index in [1.165, 1.54) is 0 Å². The Bertz CT molecular complexity index is 383. The third kappa shape index (κ3) is 3.66. The molecule has 0 bridgehead atoms. The van der Waals surface area contributed by atoms with E-state index in [1.54, 1.807) is 0 Å². The van der Waals surface area contributed by atoms with Crippen molar-refractivity contribution in [2.45, 2.75) is 53.0 Å². The van der Waals surface area contributed by atoms with Crippen LogP contribution in [0.5, 0.6) is 0 Å². The van der Waals surface area contributed by atoms with Crippen molar-refractivity contribution >= 4 is 21.7 Å². The third-order valence-electron chi connectivity index (χ3n) is 2.61. The van der Waals surface area contributed by atoms with Gasteiger partial charge in [0.25, 0.3) is 0 Å². The normalized spacial score (nSPS) is 12.0. The van der Waals surface area contributed by atoms with Crippen LogP contribution in [-0.4, -0.2) is 22.6 Å². The fourth-order valence-electron chi connectivity index (χ4n) is 1.68. The van der Waals surface area contributed by atoms with Crippen LogP contribution in [-0.2, 0) is 5.41 Å². The number of hydrogen-bond acceptors (Lipinski definition) is 3. The zero-order valence-electron chi connectivity index (χ0n) is 11.6. The zero-order valence-corrected chi connectivity index (χ0v) is 13.2. The molecule has 1 rings (SSSR count). The van der Waals surface area contributed by atoms with Gasteiger partial charge in [-0.05, 0) is 36.7 Å². The Labute approximate surface area is 113 Å². The average Bonchev–Trinajstić information content (AvgIpc) is 2.15. The van der Waals surface area contributed by atoms with Crippen molar-refractivity contribution in [2.75, 3.05) is 11.4 Å². The highest BCUT2D eigenvalue weighted by atomic mass is 79.9. The lowest BCUT2D eigenvalue weighted by Gasteiger charge is -2.28. The maximum Gasteiger partial charge on any atom is 0.137 e. The molecule has 0 atom stereocenters. The van der Waals surface area contributed by atoms with Crippen LogP contribution in [0.25, 0.3) is 0 Å². The number of halogens is 1. The van der Waals surface area contributed by atoms with E-state index < -0.39 is 0 Å². The van der Waals surface area contributed by atoms with Crippen LogP contribution in [0, 0.1) is 0 Å². The molecule has 0 aromatic carbocycles. The van der Waals surface area contributed by atoms with Crippen molar-refractivity contribution in [1.82, 2.24) is 9.97 Å². The summed E-state index contributed by atoms with van der Waals surface area (Å²) < 4.78 is 0.853. The van der Waals surface area contributed by atoms with Crippen LogP contribution in [0.15, 0.2) is 10.7 Å². The monoisotopic (exact) mass is 299 g/mol. The summed E-state index contributed by atoms with van der Waals surface area (Å²) in [6.45, 7) is 13.8. The number of rotatable bonds is 3. The number of anilines is 1. The lowest BCUT2D eigenvalue weighted by atomic mass is 9.96. The Morgan fingerprint density at radius 1 is 1.29 bits per heavy atom. The summed E-state index contributed by atoms with van der Waals surface area (Å²) in [5.74, 6) is 1.87. The predicted octanol–water partition coefficient (Wildman–Crippen LogP) is 3.77. The molecule has 0 spiro atoms. The molecule has 1 heterocycles. The van der Waals surface area contributed by atoms with Crippen molar-refractivity contribution < 1.29 is 0 Å². The number of nitrogens with zero attached hydrogens (tertiary/aromatic N) is 3. The minimum Gasteiger partial charge on any atom is -0.354 e. The van der Waals surface area contributed by atoms with Crippen molar-refractivity contribution in [3.63, 3.8) is 0 Å². The molecule has 0 amide bonds. The van der Waals surface area contributed by atoms with Gasteiger partial charge in [0.1, 0.15) is 16.2 Å². The zero-order chi connectivity index (χ0) is 13.2. The van der Waals surface area contributed by atoms with Gasteiger partial charge in [-0.1, -0.05) is 20.8 Å². The molecule has 0 unspecified atom stereocenters. The van der Waals surface area contributed by atoms with E-state index in [9.17, 15) is 0 Å². The van der Waals surface area contributed by atoms with Crippen LogP contribution in [0.4, 0.5) is 5.82 Å². The first-order valence-corrected chi connectivity index (χ1v) is 6.86. The summed E-state index contributed by atoms with van der Waals surface area (Å²) in [5.41, 5.74) is -0.0328. The van der Waals surface area contributed by atoms with Crippen LogP contribution in [0.2, 0.25) is 0 Å². The summed E-state index contributed by atoms with van der Waals surface area (Å²) in [4.78, 5) is 11.4. The molecule has 0 aliphatic carbocycles. The highest BCUT2D eigenvalue weighted by molar-refractivity contribution is 9.10. The molecule has 0 fully saturated rings. The quantitative estimate of drug-likeness (QED) is 0.796. The molecular weight excluding hydrogens is 278 g/mol. The first kappa shape index (κ1) is 14.4. The van der Waals surface area contributed by atoms with Crippen LogP contribution < -0.4 is 4.90 Å². The van der Waals surface area contributed by atoms with Gasteiger partial charge < -0.3 is 4.90 Å². The minimum absolute atomic E-state index is 0.0328. The first-order valence-electron chi connectivity index (χ1n) is 6.07. The summed E-state index contributed by atoms with van der Waals surface area (Å²) in [6.07, 6.45) is 0. The SMILES string of the molecule is CCN(c1cc(Br)nc(C(C)(C)C)n1)C(C)C. The highest BCUT2D eigenvalue weighted by Gasteiger charge is 2.20. The molecular formula is C13H22BrN3. The molecule has 0 saturated heterocycles. The topological polar surface area (TPSA) is 29.0 Å². The first-order chi connectivity index (χ1) is 7.75. The molecule has 17 heavy (non-hydrogen) atoms. The van der Waals surface area contributed by atoms with Gasteiger partial charge in [-0.25, -0.2) is 9.97 Å². The van der Waals surface area contributed by atoms with E-state index in [0.717, 1.165) is 22.8 Å². The second-order valence-electron chi connectivity index (χ2n) is 5.50. The van der Waals surface area contributed by atoms with E-state index in [2.05, 4.69) is 72.3 Å². The summed E-state index contributed by atoms with van der Waals surface area (Å²) in [7, 11) is 0. The number of hydrogen-bond donors (Lipinski definition) is 0. The predicted molar refractivity (Wildman–Crippen MR) is 76.6 cm³/mol. The average molecular weight is 300 g/mol. The Hall–Kier alpha value is -0.640. The Balaban J connectivity index is 3.21. The van der Waals surface area contributed by atoms with Gasteiger partial charge in [0.05, 0.1) is 0 Å². The molecule has 1 aromatic heterocycles. The lowest BCUT2D eigenvalue weighted by Crippen LogP contribution is -2.32. The molecule has 0 aliphatic heterocycles. The molecule has 0 radical (unpaired) electrons. The maximum absolute atomic E-state index is 4.68. The third-order valence-corrected chi connectivity index (χ3v) is 3.02. The Morgan fingerprint density at radius 3 is 2.29 bits per heavy atom. The van der Waals surface area contributed by atoms with Crippen LogP contribution in [0.1, 0.15) is 47.4 Å². The Kier molecular flexibility index (Phi) is 4.53. The van der Waals surface area contributed by atoms with Crippen molar-refractivity contribution in [1.29, 1.82) is 0 Å². The molecule has 1 aromatic rings. The van der Waals surface area contributed by atoms with Gasteiger partial charge in [0.15, 0.2) is 0 Å². The van der Waals surface area contributed by atoms with Crippen LogP contribution >= 0.6 is 15.9 Å². The summed E-state index contributed by atoms with van der Waals surface area (Å²) in [5, 5.41) is 0. The molecule has 0 N–H and O–H groups in total. The molecule has 4 heteroatoms. The van der Waals surface area contributed by atoms with Crippen molar-refractivity contribution in [3.05, 3.63) is 16.5 Å².